The first-order valence-corrected chi connectivity index (χ1v) is 21.8. The number of carboxylic acid groups (broad SMARTS) is 1. The lowest BCUT2D eigenvalue weighted by Gasteiger charge is -2.18. The van der Waals surface area contributed by atoms with Crippen LogP contribution in [0.25, 0.3) is 0 Å². The zero-order valence-corrected chi connectivity index (χ0v) is 33.8. The predicted octanol–water partition coefficient (Wildman–Crippen LogP) is 11.3. The molecule has 3 N–H and O–H groups in total. The monoisotopic (exact) mass is 740 g/mol. The highest BCUT2D eigenvalue weighted by molar-refractivity contribution is 5.81. The van der Waals surface area contributed by atoms with Gasteiger partial charge >= 0.3 is 23.9 Å². The molecule has 2 atom stereocenters. The largest absolute Gasteiger partial charge is 0.480 e. The molecule has 0 spiro atoms. The average Bonchev–Trinajstić information content (AvgIpc) is 3.12. The lowest BCUT2D eigenvalue weighted by Crippen LogP contribution is -2.35. The molecule has 0 fully saturated rings. The van der Waals surface area contributed by atoms with Crippen molar-refractivity contribution in [2.75, 3.05) is 13.2 Å². The Kier molecular flexibility index (Phi) is 37.0. The number of nitrogens with two attached hydrogens (primary N) is 1. The van der Waals surface area contributed by atoms with Crippen molar-refractivity contribution >= 4 is 23.9 Å². The number of ether oxygens (including phenoxy) is 3. The van der Waals surface area contributed by atoms with Crippen LogP contribution in [0.5, 0.6) is 0 Å². The molecule has 0 aromatic heterocycles. The molecule has 0 aliphatic rings. The Morgan fingerprint density at radius 2 is 0.731 bits per heavy atom. The molecule has 52 heavy (non-hydrogen) atoms. The molecule has 0 aromatic carbocycles. The summed E-state index contributed by atoms with van der Waals surface area (Å²) in [5.41, 5.74) is 5.43. The minimum absolute atomic E-state index is 0.222. The number of unbranched alkanes of at least 4 members (excludes halogenated alkanes) is 28. The summed E-state index contributed by atoms with van der Waals surface area (Å²) < 4.78 is 16.0. The fourth-order valence-corrected chi connectivity index (χ4v) is 6.41. The molecule has 0 saturated carbocycles. The van der Waals surface area contributed by atoms with Gasteiger partial charge < -0.3 is 25.1 Å². The number of carbonyl (C=O) groups excluding carboxylic acids is 3. The van der Waals surface area contributed by atoms with Crippen LogP contribution in [0.1, 0.15) is 226 Å². The first-order valence-electron chi connectivity index (χ1n) is 21.8. The Morgan fingerprint density at radius 3 is 1.06 bits per heavy atom. The Bertz CT molecular complexity index is 851. The van der Waals surface area contributed by atoms with Gasteiger partial charge in [0, 0.05) is 12.8 Å². The highest BCUT2D eigenvalue weighted by Gasteiger charge is 2.22. The third-order valence-electron chi connectivity index (χ3n) is 9.83. The number of esters is 3. The second-order valence-electron chi connectivity index (χ2n) is 15.0. The normalized spacial score (nSPS) is 12.4. The van der Waals surface area contributed by atoms with Crippen molar-refractivity contribution in [3.63, 3.8) is 0 Å². The zero-order valence-electron chi connectivity index (χ0n) is 33.8. The second-order valence-corrected chi connectivity index (χ2v) is 15.0. The fraction of sp³-hybridized carbons (Fsp3) is 0.907. The van der Waals surface area contributed by atoms with Crippen molar-refractivity contribution < 1.29 is 38.5 Å². The maximum absolute atomic E-state index is 12.6. The highest BCUT2D eigenvalue weighted by Crippen LogP contribution is 2.16. The van der Waals surface area contributed by atoms with Gasteiger partial charge in [0.1, 0.15) is 19.3 Å². The summed E-state index contributed by atoms with van der Waals surface area (Å²) in [6.45, 7) is 3.96. The van der Waals surface area contributed by atoms with Gasteiger partial charge in [0.05, 0.1) is 6.42 Å². The van der Waals surface area contributed by atoms with Crippen LogP contribution in [0.15, 0.2) is 0 Å². The topological polar surface area (TPSA) is 142 Å². The molecule has 2 unspecified atom stereocenters. The Morgan fingerprint density at radius 1 is 0.442 bits per heavy atom. The van der Waals surface area contributed by atoms with Crippen molar-refractivity contribution in [1.29, 1.82) is 0 Å². The van der Waals surface area contributed by atoms with Crippen LogP contribution < -0.4 is 5.73 Å². The minimum Gasteiger partial charge on any atom is -0.480 e. The maximum Gasteiger partial charge on any atom is 0.321 e. The van der Waals surface area contributed by atoms with Crippen LogP contribution in [0.3, 0.4) is 0 Å². The third kappa shape index (κ3) is 36.2. The summed E-state index contributed by atoms with van der Waals surface area (Å²) in [6.07, 6.45) is 36.3. The van der Waals surface area contributed by atoms with Gasteiger partial charge in [0.2, 0.25) is 0 Å². The quantitative estimate of drug-likeness (QED) is 0.0356. The third-order valence-corrected chi connectivity index (χ3v) is 9.83. The number of hydrogen-bond acceptors (Lipinski definition) is 8. The van der Waals surface area contributed by atoms with Crippen molar-refractivity contribution in [3.8, 4) is 0 Å². The molecule has 0 aromatic rings. The number of carboxylic acids is 1. The number of aliphatic carboxylic acids is 1. The van der Waals surface area contributed by atoms with E-state index in [2.05, 4.69) is 13.8 Å². The summed E-state index contributed by atoms with van der Waals surface area (Å²) in [7, 11) is 0. The van der Waals surface area contributed by atoms with E-state index in [4.69, 9.17) is 25.1 Å². The Balaban J connectivity index is 4.16. The number of rotatable bonds is 40. The van der Waals surface area contributed by atoms with Crippen LogP contribution in [-0.2, 0) is 33.4 Å². The molecule has 0 rings (SSSR count). The molecule has 306 valence electrons. The molecular formula is C43H81NO8. The number of carbonyl (C=O) groups is 4. The van der Waals surface area contributed by atoms with E-state index in [1.165, 1.54) is 154 Å². The SMILES string of the molecule is CCCCCCCCCCCCCCCCCC(=O)OCC(COC(=O)CC(N)C(=O)O)OC(=O)CCCCCCCCCCCCCCCCC. The van der Waals surface area contributed by atoms with E-state index in [-0.39, 0.29) is 32.0 Å². The molecule has 0 radical (unpaired) electrons. The maximum atomic E-state index is 12.6. The first kappa shape index (κ1) is 49.8. The van der Waals surface area contributed by atoms with E-state index < -0.39 is 36.5 Å². The average molecular weight is 740 g/mol. The van der Waals surface area contributed by atoms with E-state index in [1.807, 2.05) is 0 Å². The standard InChI is InChI=1S/C43H81NO8/c1-3-5-7-9-11-13-15-17-19-21-23-25-27-29-31-33-40(45)50-36-38(37-51-42(47)35-39(44)43(48)49)52-41(46)34-32-30-28-26-24-22-20-18-16-14-12-10-8-6-4-2/h38-39H,3-37,44H2,1-2H3,(H,48,49). The zero-order chi connectivity index (χ0) is 38.3. The lowest BCUT2D eigenvalue weighted by atomic mass is 10.0. The van der Waals surface area contributed by atoms with E-state index in [1.54, 1.807) is 0 Å². The summed E-state index contributed by atoms with van der Waals surface area (Å²) in [5.74, 6) is -2.94. The van der Waals surface area contributed by atoms with Crippen molar-refractivity contribution in [2.45, 2.75) is 238 Å². The molecule has 0 aliphatic carbocycles. The van der Waals surface area contributed by atoms with Crippen LogP contribution in [0.2, 0.25) is 0 Å². The van der Waals surface area contributed by atoms with Gasteiger partial charge in [-0.25, -0.2) is 0 Å². The van der Waals surface area contributed by atoms with Gasteiger partial charge in [-0.3, -0.25) is 19.2 Å². The second kappa shape index (κ2) is 38.6. The van der Waals surface area contributed by atoms with Gasteiger partial charge in [0.25, 0.3) is 0 Å². The molecule has 9 nitrogen and oxygen atoms in total. The summed E-state index contributed by atoms with van der Waals surface area (Å²) in [5, 5.41) is 8.95. The van der Waals surface area contributed by atoms with Crippen LogP contribution in [0.4, 0.5) is 0 Å². The van der Waals surface area contributed by atoms with E-state index in [9.17, 15) is 19.2 Å². The molecule has 0 bridgehead atoms. The van der Waals surface area contributed by atoms with Gasteiger partial charge in [-0.05, 0) is 12.8 Å². The van der Waals surface area contributed by atoms with E-state index in [0.717, 1.165) is 32.1 Å². The van der Waals surface area contributed by atoms with Crippen LogP contribution >= 0.6 is 0 Å². The lowest BCUT2D eigenvalue weighted by molar-refractivity contribution is -0.167. The van der Waals surface area contributed by atoms with Gasteiger partial charge in [-0.1, -0.05) is 194 Å². The van der Waals surface area contributed by atoms with Crippen LogP contribution in [0, 0.1) is 0 Å². The molecular weight excluding hydrogens is 658 g/mol. The fourth-order valence-electron chi connectivity index (χ4n) is 6.41. The minimum atomic E-state index is -1.38. The van der Waals surface area contributed by atoms with Gasteiger partial charge in [0.15, 0.2) is 6.10 Å². The molecule has 9 heteroatoms. The van der Waals surface area contributed by atoms with Crippen molar-refractivity contribution in [2.24, 2.45) is 5.73 Å². The van der Waals surface area contributed by atoms with Gasteiger partial charge in [-0.15, -0.1) is 0 Å². The molecule has 0 saturated heterocycles. The molecule has 0 aliphatic heterocycles. The molecule has 0 heterocycles. The predicted molar refractivity (Wildman–Crippen MR) is 211 cm³/mol. The van der Waals surface area contributed by atoms with Gasteiger partial charge in [-0.2, -0.15) is 0 Å². The summed E-state index contributed by atoms with van der Waals surface area (Å²) >= 11 is 0. The highest BCUT2D eigenvalue weighted by atomic mass is 16.6. The summed E-state index contributed by atoms with van der Waals surface area (Å²) in [6, 6.07) is -1.38. The first-order chi connectivity index (χ1) is 25.3. The molecule has 0 amide bonds. The Labute approximate surface area is 318 Å². The Hall–Kier alpha value is -2.16. The smallest absolute Gasteiger partial charge is 0.321 e. The van der Waals surface area contributed by atoms with Crippen molar-refractivity contribution in [3.05, 3.63) is 0 Å². The van der Waals surface area contributed by atoms with E-state index >= 15 is 0 Å². The summed E-state index contributed by atoms with van der Waals surface area (Å²) in [4.78, 5) is 48.0. The van der Waals surface area contributed by atoms with Crippen LogP contribution in [-0.4, -0.2) is 54.3 Å². The number of hydrogen-bond donors (Lipinski definition) is 2. The van der Waals surface area contributed by atoms with Crippen molar-refractivity contribution in [1.82, 2.24) is 0 Å². The van der Waals surface area contributed by atoms with E-state index in [0.29, 0.717) is 6.42 Å².